The Morgan fingerprint density at radius 3 is 2.21 bits per heavy atom. The van der Waals surface area contributed by atoms with Crippen molar-refractivity contribution < 1.29 is 22.8 Å². The van der Waals surface area contributed by atoms with Gasteiger partial charge in [-0.15, -0.1) is 0 Å². The van der Waals surface area contributed by atoms with Crippen LogP contribution in [0.4, 0.5) is 4.39 Å². The predicted molar refractivity (Wildman–Crippen MR) is 102 cm³/mol. The molecule has 2 aromatic carbocycles. The fourth-order valence-electron chi connectivity index (χ4n) is 2.71. The number of rotatable bonds is 7. The number of oxazole rings is 2. The first-order chi connectivity index (χ1) is 14.2. The minimum absolute atomic E-state index is 0.0436. The molecule has 0 radical (unpaired) electrons. The van der Waals surface area contributed by atoms with E-state index in [-0.39, 0.29) is 18.8 Å². The van der Waals surface area contributed by atoms with Gasteiger partial charge in [0.2, 0.25) is 5.89 Å². The van der Waals surface area contributed by atoms with Crippen LogP contribution in [0.5, 0.6) is 0 Å². The Morgan fingerprint density at radius 1 is 0.862 bits per heavy atom. The summed E-state index contributed by atoms with van der Waals surface area (Å²) in [4.78, 5) is 20.2. The third-order valence-corrected chi connectivity index (χ3v) is 4.19. The SMILES string of the molecule is O=C(CCc1ncc(-c2ccc(F)cc2)o1)OCc1ncc(-c2ccccc2)o1. The third-order valence-electron chi connectivity index (χ3n) is 4.19. The highest BCUT2D eigenvalue weighted by Crippen LogP contribution is 2.22. The molecule has 0 bridgehead atoms. The smallest absolute Gasteiger partial charge is 0.306 e. The number of benzene rings is 2. The van der Waals surface area contributed by atoms with Gasteiger partial charge in [0.1, 0.15) is 5.82 Å². The van der Waals surface area contributed by atoms with Crippen molar-refractivity contribution in [2.24, 2.45) is 0 Å². The second kappa shape index (κ2) is 8.52. The van der Waals surface area contributed by atoms with Crippen LogP contribution in [0.15, 0.2) is 75.8 Å². The summed E-state index contributed by atoms with van der Waals surface area (Å²) in [5.74, 6) is 1.13. The minimum atomic E-state index is -0.411. The van der Waals surface area contributed by atoms with Crippen molar-refractivity contribution in [1.29, 1.82) is 0 Å². The van der Waals surface area contributed by atoms with E-state index in [0.29, 0.717) is 35.3 Å². The Balaban J connectivity index is 1.27. The second-order valence-corrected chi connectivity index (χ2v) is 6.27. The zero-order chi connectivity index (χ0) is 20.1. The summed E-state index contributed by atoms with van der Waals surface area (Å²) in [7, 11) is 0. The summed E-state index contributed by atoms with van der Waals surface area (Å²) < 4.78 is 29.4. The first-order valence-corrected chi connectivity index (χ1v) is 9.04. The highest BCUT2D eigenvalue weighted by Gasteiger charge is 2.12. The Morgan fingerprint density at radius 2 is 1.48 bits per heavy atom. The molecule has 2 aromatic heterocycles. The zero-order valence-corrected chi connectivity index (χ0v) is 15.4. The van der Waals surface area contributed by atoms with Crippen LogP contribution in [-0.4, -0.2) is 15.9 Å². The molecule has 146 valence electrons. The maximum Gasteiger partial charge on any atom is 0.306 e. The fraction of sp³-hybridized carbons (Fsp3) is 0.136. The maximum atomic E-state index is 13.0. The number of aryl methyl sites for hydroxylation is 1. The van der Waals surface area contributed by atoms with Crippen molar-refractivity contribution in [3.05, 3.63) is 84.6 Å². The lowest BCUT2D eigenvalue weighted by atomic mass is 10.2. The summed E-state index contributed by atoms with van der Waals surface area (Å²) in [6, 6.07) is 15.5. The lowest BCUT2D eigenvalue weighted by molar-refractivity contribution is -0.145. The molecule has 0 saturated carbocycles. The van der Waals surface area contributed by atoms with Crippen LogP contribution < -0.4 is 0 Å². The van der Waals surface area contributed by atoms with Crippen molar-refractivity contribution in [3.8, 4) is 22.6 Å². The number of aromatic nitrogens is 2. The third kappa shape index (κ3) is 4.76. The van der Waals surface area contributed by atoms with E-state index < -0.39 is 5.97 Å². The number of hydrogen-bond donors (Lipinski definition) is 0. The molecule has 4 aromatic rings. The van der Waals surface area contributed by atoms with Gasteiger partial charge in [-0.25, -0.2) is 14.4 Å². The molecular weight excluding hydrogens is 375 g/mol. The van der Waals surface area contributed by atoms with Gasteiger partial charge in [-0.05, 0) is 24.3 Å². The van der Waals surface area contributed by atoms with E-state index in [0.717, 1.165) is 5.56 Å². The van der Waals surface area contributed by atoms with Gasteiger partial charge in [-0.3, -0.25) is 4.79 Å². The quantitative estimate of drug-likeness (QED) is 0.420. The van der Waals surface area contributed by atoms with Gasteiger partial charge in [0, 0.05) is 17.5 Å². The molecule has 0 fully saturated rings. The maximum absolute atomic E-state index is 13.0. The van der Waals surface area contributed by atoms with E-state index in [9.17, 15) is 9.18 Å². The largest absolute Gasteiger partial charge is 0.456 e. The van der Waals surface area contributed by atoms with Gasteiger partial charge in [-0.1, -0.05) is 30.3 Å². The van der Waals surface area contributed by atoms with Crippen molar-refractivity contribution in [2.75, 3.05) is 0 Å². The van der Waals surface area contributed by atoms with Crippen LogP contribution >= 0.6 is 0 Å². The molecule has 2 heterocycles. The number of carbonyl (C=O) groups excluding carboxylic acids is 1. The van der Waals surface area contributed by atoms with Crippen LogP contribution in [0, 0.1) is 5.82 Å². The lowest BCUT2D eigenvalue weighted by Crippen LogP contribution is -2.06. The number of carbonyl (C=O) groups is 1. The van der Waals surface area contributed by atoms with Gasteiger partial charge in [0.15, 0.2) is 24.0 Å². The molecule has 0 spiro atoms. The fourth-order valence-corrected chi connectivity index (χ4v) is 2.71. The van der Waals surface area contributed by atoms with Crippen molar-refractivity contribution >= 4 is 5.97 Å². The van der Waals surface area contributed by atoms with E-state index in [1.54, 1.807) is 24.5 Å². The molecule has 0 saturated heterocycles. The van der Waals surface area contributed by atoms with E-state index in [4.69, 9.17) is 13.6 Å². The molecule has 0 amide bonds. The van der Waals surface area contributed by atoms with Crippen LogP contribution in [0.1, 0.15) is 18.2 Å². The molecule has 4 rings (SSSR count). The highest BCUT2D eigenvalue weighted by atomic mass is 19.1. The van der Waals surface area contributed by atoms with Crippen LogP contribution in [-0.2, 0) is 22.6 Å². The van der Waals surface area contributed by atoms with E-state index >= 15 is 0 Å². The molecule has 7 heteroatoms. The summed E-state index contributed by atoms with van der Waals surface area (Å²) in [5.41, 5.74) is 1.62. The lowest BCUT2D eigenvalue weighted by Gasteiger charge is -2.01. The highest BCUT2D eigenvalue weighted by molar-refractivity contribution is 5.69. The molecule has 0 unspecified atom stereocenters. The van der Waals surface area contributed by atoms with E-state index in [1.165, 1.54) is 12.1 Å². The second-order valence-electron chi connectivity index (χ2n) is 6.27. The number of ether oxygens (including phenoxy) is 1. The van der Waals surface area contributed by atoms with Gasteiger partial charge in [0.05, 0.1) is 18.8 Å². The number of esters is 1. The average Bonchev–Trinajstić information content (AvgIpc) is 3.42. The summed E-state index contributed by atoms with van der Waals surface area (Å²) in [6.07, 6.45) is 3.55. The molecule has 0 aliphatic carbocycles. The van der Waals surface area contributed by atoms with Gasteiger partial charge >= 0.3 is 5.97 Å². The number of halogens is 1. The Kier molecular flexibility index (Phi) is 5.47. The summed E-state index contributed by atoms with van der Waals surface area (Å²) in [5, 5.41) is 0. The first-order valence-electron chi connectivity index (χ1n) is 9.04. The molecule has 0 aliphatic heterocycles. The van der Waals surface area contributed by atoms with Gasteiger partial charge < -0.3 is 13.6 Å². The van der Waals surface area contributed by atoms with Crippen molar-refractivity contribution in [1.82, 2.24) is 9.97 Å². The summed E-state index contributed by atoms with van der Waals surface area (Å²) >= 11 is 0. The molecule has 0 N–H and O–H groups in total. The average molecular weight is 392 g/mol. The molecular formula is C22H17FN2O4. The van der Waals surface area contributed by atoms with E-state index in [2.05, 4.69) is 9.97 Å². The van der Waals surface area contributed by atoms with Crippen molar-refractivity contribution in [2.45, 2.75) is 19.4 Å². The number of nitrogens with zero attached hydrogens (tertiary/aromatic N) is 2. The molecule has 0 atom stereocenters. The van der Waals surface area contributed by atoms with E-state index in [1.807, 2.05) is 30.3 Å². The topological polar surface area (TPSA) is 78.4 Å². The predicted octanol–water partition coefficient (Wildman–Crippen LogP) is 4.81. The molecule has 0 aliphatic rings. The molecule has 6 nitrogen and oxygen atoms in total. The Bertz CT molecular complexity index is 1090. The van der Waals surface area contributed by atoms with Crippen molar-refractivity contribution in [3.63, 3.8) is 0 Å². The van der Waals surface area contributed by atoms with Gasteiger partial charge in [0.25, 0.3) is 0 Å². The first kappa shape index (κ1) is 18.6. The van der Waals surface area contributed by atoms with Gasteiger partial charge in [-0.2, -0.15) is 0 Å². The Hall–Kier alpha value is -3.74. The summed E-state index contributed by atoms with van der Waals surface area (Å²) in [6.45, 7) is -0.0436. The Labute approximate surface area is 166 Å². The molecule has 29 heavy (non-hydrogen) atoms. The van der Waals surface area contributed by atoms with Crippen LogP contribution in [0.3, 0.4) is 0 Å². The standard InChI is InChI=1S/C22H17FN2O4/c23-17-8-6-16(7-9-17)19-12-24-20(28-19)10-11-22(26)27-14-21-25-13-18(29-21)15-4-2-1-3-5-15/h1-9,12-13H,10-11,14H2. The van der Waals surface area contributed by atoms with Crippen LogP contribution in [0.2, 0.25) is 0 Å². The monoisotopic (exact) mass is 392 g/mol. The van der Waals surface area contributed by atoms with Crippen LogP contribution in [0.25, 0.3) is 22.6 Å². The normalized spacial score (nSPS) is 10.8. The zero-order valence-electron chi connectivity index (χ0n) is 15.4. The number of hydrogen-bond acceptors (Lipinski definition) is 6. The minimum Gasteiger partial charge on any atom is -0.456 e.